The number of nitrogens with zero attached hydrogens (tertiary/aromatic N) is 3. The van der Waals surface area contributed by atoms with Gasteiger partial charge in [-0.2, -0.15) is 9.97 Å². The Bertz CT molecular complexity index is 566. The summed E-state index contributed by atoms with van der Waals surface area (Å²) in [4.78, 5) is 14.9. The summed E-state index contributed by atoms with van der Waals surface area (Å²) in [5, 5.41) is 0. The lowest BCUT2D eigenvalue weighted by Crippen LogP contribution is -2.03. The molecule has 0 unspecified atom stereocenters. The minimum absolute atomic E-state index is 0.152. The molecule has 88 valence electrons. The lowest BCUT2D eigenvalue weighted by Gasteiger charge is -2.03. The van der Waals surface area contributed by atoms with Crippen LogP contribution >= 0.6 is 0 Å². The number of fused-ring (bicyclic) bond motifs is 1. The number of anilines is 1. The number of nitrogens with one attached hydrogen (secondary N) is 1. The van der Waals surface area contributed by atoms with E-state index in [2.05, 4.69) is 31.8 Å². The molecule has 0 aromatic carbocycles. The number of rotatable bonds is 3. The summed E-state index contributed by atoms with van der Waals surface area (Å²) in [6, 6.07) is 0. The molecule has 0 amide bonds. The summed E-state index contributed by atoms with van der Waals surface area (Å²) in [6.45, 7) is 2.48. The molecule has 0 saturated heterocycles. The normalized spacial score (nSPS) is 9.94. The minimum Gasteiger partial charge on any atom is -0.475 e. The molecular formula is C11H13N5O. The van der Waals surface area contributed by atoms with E-state index in [4.69, 9.17) is 10.5 Å². The molecular weight excluding hydrogens is 218 g/mol. The number of nitrogens with two attached hydrogens (primary N) is 1. The standard InChI is InChI=1S/C11H13N5O/c1-2-3-4-5-6-17-10-8-9(14-7-13-8)15-11(12)16-10/h7H,2,5-6H2,1H3,(H3,12,13,14,15,16). The quantitative estimate of drug-likeness (QED) is 0.610. The summed E-state index contributed by atoms with van der Waals surface area (Å²) in [7, 11) is 0. The van der Waals surface area contributed by atoms with E-state index in [1.165, 1.54) is 6.33 Å². The molecule has 6 heteroatoms. The monoisotopic (exact) mass is 231 g/mol. The third-order valence-electron chi connectivity index (χ3n) is 2.04. The van der Waals surface area contributed by atoms with Crippen LogP contribution in [0.2, 0.25) is 0 Å². The van der Waals surface area contributed by atoms with Gasteiger partial charge in [-0.1, -0.05) is 12.8 Å². The summed E-state index contributed by atoms with van der Waals surface area (Å²) < 4.78 is 5.50. The van der Waals surface area contributed by atoms with Crippen molar-refractivity contribution in [2.45, 2.75) is 19.8 Å². The molecule has 0 aliphatic rings. The first-order chi connectivity index (χ1) is 8.31. The highest BCUT2D eigenvalue weighted by Crippen LogP contribution is 2.19. The first-order valence-electron chi connectivity index (χ1n) is 5.36. The highest BCUT2D eigenvalue weighted by molar-refractivity contribution is 5.76. The summed E-state index contributed by atoms with van der Waals surface area (Å²) in [6.07, 6.45) is 3.04. The smallest absolute Gasteiger partial charge is 0.245 e. The third kappa shape index (κ3) is 2.64. The van der Waals surface area contributed by atoms with Crippen molar-refractivity contribution < 1.29 is 4.74 Å². The van der Waals surface area contributed by atoms with Crippen LogP contribution in [-0.4, -0.2) is 26.5 Å². The second kappa shape index (κ2) is 5.16. The van der Waals surface area contributed by atoms with E-state index in [-0.39, 0.29) is 5.95 Å². The van der Waals surface area contributed by atoms with Crippen LogP contribution in [0.25, 0.3) is 11.2 Å². The Morgan fingerprint density at radius 2 is 2.29 bits per heavy atom. The van der Waals surface area contributed by atoms with Crippen molar-refractivity contribution >= 4 is 17.1 Å². The van der Waals surface area contributed by atoms with Gasteiger partial charge in [0, 0.05) is 12.8 Å². The molecule has 0 atom stereocenters. The molecule has 0 spiro atoms. The Morgan fingerprint density at radius 3 is 3.12 bits per heavy atom. The van der Waals surface area contributed by atoms with Crippen molar-refractivity contribution in [2.24, 2.45) is 0 Å². The average molecular weight is 231 g/mol. The average Bonchev–Trinajstić information content (AvgIpc) is 2.76. The maximum Gasteiger partial charge on any atom is 0.245 e. The highest BCUT2D eigenvalue weighted by Gasteiger charge is 2.08. The maximum absolute atomic E-state index is 5.55. The molecule has 3 N–H and O–H groups in total. The fraction of sp³-hybridized carbons (Fsp3) is 0.364. The van der Waals surface area contributed by atoms with Gasteiger partial charge in [0.25, 0.3) is 0 Å². The van der Waals surface area contributed by atoms with Gasteiger partial charge in [0.05, 0.1) is 6.33 Å². The van der Waals surface area contributed by atoms with Crippen LogP contribution in [0.4, 0.5) is 5.95 Å². The first-order valence-corrected chi connectivity index (χ1v) is 5.36. The molecule has 2 aromatic rings. The van der Waals surface area contributed by atoms with Gasteiger partial charge in [-0.15, -0.1) is 5.92 Å². The predicted octanol–water partition coefficient (Wildman–Crippen LogP) is 1.12. The highest BCUT2D eigenvalue weighted by atomic mass is 16.5. The third-order valence-corrected chi connectivity index (χ3v) is 2.04. The minimum atomic E-state index is 0.152. The fourth-order valence-electron chi connectivity index (χ4n) is 1.34. The molecule has 17 heavy (non-hydrogen) atoms. The Kier molecular flexibility index (Phi) is 3.40. The second-order valence-corrected chi connectivity index (χ2v) is 3.29. The zero-order chi connectivity index (χ0) is 12.1. The van der Waals surface area contributed by atoms with Gasteiger partial charge in [0.1, 0.15) is 12.1 Å². The van der Waals surface area contributed by atoms with E-state index >= 15 is 0 Å². The van der Waals surface area contributed by atoms with Crippen LogP contribution in [0.1, 0.15) is 19.8 Å². The van der Waals surface area contributed by atoms with Crippen LogP contribution in [0.3, 0.4) is 0 Å². The second-order valence-electron chi connectivity index (χ2n) is 3.29. The summed E-state index contributed by atoms with van der Waals surface area (Å²) >= 11 is 0. The molecule has 0 radical (unpaired) electrons. The van der Waals surface area contributed by atoms with Gasteiger partial charge in [-0.05, 0) is 0 Å². The largest absolute Gasteiger partial charge is 0.475 e. The molecule has 0 saturated carbocycles. The fourth-order valence-corrected chi connectivity index (χ4v) is 1.34. The topological polar surface area (TPSA) is 89.7 Å². The van der Waals surface area contributed by atoms with Crippen molar-refractivity contribution in [1.82, 2.24) is 19.9 Å². The Morgan fingerprint density at radius 1 is 1.41 bits per heavy atom. The van der Waals surface area contributed by atoms with Crippen molar-refractivity contribution in [2.75, 3.05) is 12.3 Å². The Labute approximate surface area is 98.6 Å². The van der Waals surface area contributed by atoms with E-state index in [0.29, 0.717) is 30.1 Å². The molecule has 2 rings (SSSR count). The number of H-pyrrole nitrogens is 1. The van der Waals surface area contributed by atoms with Gasteiger partial charge in [0.2, 0.25) is 11.8 Å². The van der Waals surface area contributed by atoms with E-state index in [1.807, 2.05) is 6.92 Å². The number of hydrogen-bond donors (Lipinski definition) is 2. The van der Waals surface area contributed by atoms with Gasteiger partial charge in [-0.3, -0.25) is 0 Å². The molecule has 0 fully saturated rings. The number of aromatic amines is 1. The maximum atomic E-state index is 5.55. The molecule has 6 nitrogen and oxygen atoms in total. The first kappa shape index (κ1) is 11.2. The zero-order valence-electron chi connectivity index (χ0n) is 9.53. The van der Waals surface area contributed by atoms with Crippen LogP contribution < -0.4 is 10.5 Å². The van der Waals surface area contributed by atoms with Crippen LogP contribution in [0.15, 0.2) is 6.33 Å². The molecule has 2 heterocycles. The van der Waals surface area contributed by atoms with Crippen LogP contribution in [0, 0.1) is 11.8 Å². The zero-order valence-corrected chi connectivity index (χ0v) is 9.53. The number of nitrogen functional groups attached to an aromatic ring is 1. The van der Waals surface area contributed by atoms with E-state index in [0.717, 1.165) is 6.42 Å². The molecule has 0 bridgehead atoms. The predicted molar refractivity (Wildman–Crippen MR) is 64.3 cm³/mol. The lowest BCUT2D eigenvalue weighted by molar-refractivity contribution is 0.318. The number of imidazole rings is 1. The van der Waals surface area contributed by atoms with E-state index in [1.54, 1.807) is 0 Å². The van der Waals surface area contributed by atoms with Crippen molar-refractivity contribution in [3.8, 4) is 17.7 Å². The number of hydrogen-bond acceptors (Lipinski definition) is 5. The number of ether oxygens (including phenoxy) is 1. The SMILES string of the molecule is CCC#CCCOc1nc(N)nc2nc[nH]c12. The van der Waals surface area contributed by atoms with Gasteiger partial charge in [-0.25, -0.2) is 4.98 Å². The Balaban J connectivity index is 2.09. The van der Waals surface area contributed by atoms with E-state index in [9.17, 15) is 0 Å². The van der Waals surface area contributed by atoms with E-state index < -0.39 is 0 Å². The molecule has 0 aliphatic heterocycles. The van der Waals surface area contributed by atoms with Gasteiger partial charge < -0.3 is 15.5 Å². The summed E-state index contributed by atoms with van der Waals surface area (Å²) in [5.41, 5.74) is 6.71. The molecule has 2 aromatic heterocycles. The summed E-state index contributed by atoms with van der Waals surface area (Å²) in [5.74, 6) is 6.53. The Hall–Kier alpha value is -2.29. The van der Waals surface area contributed by atoms with Crippen LogP contribution in [-0.2, 0) is 0 Å². The molecule has 0 aliphatic carbocycles. The van der Waals surface area contributed by atoms with Crippen molar-refractivity contribution in [3.05, 3.63) is 6.33 Å². The lowest BCUT2D eigenvalue weighted by atomic mass is 10.4. The van der Waals surface area contributed by atoms with Gasteiger partial charge in [0.15, 0.2) is 5.65 Å². The van der Waals surface area contributed by atoms with Crippen molar-refractivity contribution in [3.63, 3.8) is 0 Å². The van der Waals surface area contributed by atoms with Crippen LogP contribution in [0.5, 0.6) is 5.88 Å². The number of aromatic nitrogens is 4. The van der Waals surface area contributed by atoms with Crippen molar-refractivity contribution in [1.29, 1.82) is 0 Å². The van der Waals surface area contributed by atoms with Gasteiger partial charge >= 0.3 is 0 Å².